The third kappa shape index (κ3) is 5.03. The van der Waals surface area contributed by atoms with Crippen LogP contribution in [0.25, 0.3) is 0 Å². The lowest BCUT2D eigenvalue weighted by atomic mass is 10.2. The van der Waals surface area contributed by atoms with Crippen LogP contribution in [-0.2, 0) is 18.5 Å². The number of carbonyl (C=O) groups is 1. The minimum atomic E-state index is -6.05. The predicted molar refractivity (Wildman–Crippen MR) is 123 cm³/mol. The van der Waals surface area contributed by atoms with Gasteiger partial charge >= 0.3 is 21.6 Å². The summed E-state index contributed by atoms with van der Waals surface area (Å²) in [5, 5.41) is 0. The highest BCUT2D eigenvalue weighted by Gasteiger charge is 2.52. The van der Waals surface area contributed by atoms with Crippen LogP contribution in [-0.4, -0.2) is 19.9 Å². The van der Waals surface area contributed by atoms with Gasteiger partial charge in [-0.3, -0.25) is 0 Å². The van der Waals surface area contributed by atoms with Gasteiger partial charge in [0.1, 0.15) is 5.75 Å². The molecule has 0 unspecified atom stereocenters. The van der Waals surface area contributed by atoms with Gasteiger partial charge in [0.25, 0.3) is 0 Å². The molecule has 0 fully saturated rings. The molecule has 0 aliphatic carbocycles. The summed E-state index contributed by atoms with van der Waals surface area (Å²) in [6, 6.07) is 19.9. The van der Waals surface area contributed by atoms with E-state index in [1.165, 1.54) is 49.4 Å². The summed E-state index contributed by atoms with van der Waals surface area (Å²) in [5.41, 5.74) is -5.11. The number of hydrogen-bond donors (Lipinski definition) is 0. The molecule has 0 aromatic heterocycles. The van der Waals surface area contributed by atoms with Gasteiger partial charge in [-0.2, -0.15) is 25.2 Å². The second kappa shape index (κ2) is 9.65. The van der Waals surface area contributed by atoms with Crippen molar-refractivity contribution in [2.45, 2.75) is 34.0 Å². The van der Waals surface area contributed by atoms with Crippen LogP contribution in [0.5, 0.6) is 5.75 Å². The molecule has 34 heavy (non-hydrogen) atoms. The number of aryl methyl sites for hydroxylation is 1. The van der Waals surface area contributed by atoms with Gasteiger partial charge in [-0.1, -0.05) is 49.0 Å². The van der Waals surface area contributed by atoms with Gasteiger partial charge in [-0.15, -0.1) is 0 Å². The third-order valence-corrected chi connectivity index (χ3v) is 9.68. The molecule has 0 saturated carbocycles. The van der Waals surface area contributed by atoms with E-state index in [4.69, 9.17) is 8.37 Å². The standard InChI is InChI=1S/C24H21F3O5S2/c1-17(2)23(28)31-19-15-14-18(3)22(16-19)33(20-10-6-4-7-11-20,21-12-8-5-9-13-21)32-34(29,30)24(25,26)27/h4-16H,1H2,2-3H3. The lowest BCUT2D eigenvalue weighted by Gasteiger charge is -2.40. The monoisotopic (exact) mass is 510 g/mol. The van der Waals surface area contributed by atoms with Crippen LogP contribution in [0.1, 0.15) is 12.5 Å². The van der Waals surface area contributed by atoms with Crippen LogP contribution in [0.15, 0.2) is 106 Å². The minimum absolute atomic E-state index is 0.00495. The van der Waals surface area contributed by atoms with Crippen molar-refractivity contribution in [3.05, 3.63) is 96.6 Å². The maximum absolute atomic E-state index is 13.6. The van der Waals surface area contributed by atoms with E-state index >= 15 is 0 Å². The lowest BCUT2D eigenvalue weighted by molar-refractivity contribution is -0.130. The van der Waals surface area contributed by atoms with Crippen molar-refractivity contribution in [3.8, 4) is 5.75 Å². The van der Waals surface area contributed by atoms with Crippen molar-refractivity contribution in [3.63, 3.8) is 0 Å². The Kier molecular flexibility index (Phi) is 7.25. The van der Waals surface area contributed by atoms with Crippen molar-refractivity contribution in [2.75, 3.05) is 0 Å². The Bertz CT molecular complexity index is 1270. The molecular formula is C24H21F3O5S2. The number of alkyl halides is 3. The summed E-state index contributed by atoms with van der Waals surface area (Å²) in [6.45, 7) is 6.56. The Morgan fingerprint density at radius 2 is 1.38 bits per heavy atom. The zero-order chi connectivity index (χ0) is 25.1. The van der Waals surface area contributed by atoms with Crippen LogP contribution < -0.4 is 4.74 Å². The zero-order valence-corrected chi connectivity index (χ0v) is 19.8. The fourth-order valence-electron chi connectivity index (χ4n) is 3.05. The second-order valence-electron chi connectivity index (χ2n) is 7.25. The summed E-state index contributed by atoms with van der Waals surface area (Å²) >= 11 is 0. The Labute approximate surface area is 197 Å². The molecule has 0 atom stereocenters. The molecule has 0 heterocycles. The van der Waals surface area contributed by atoms with E-state index in [0.717, 1.165) is 0 Å². The van der Waals surface area contributed by atoms with Crippen LogP contribution in [0.3, 0.4) is 0 Å². The van der Waals surface area contributed by atoms with Gasteiger partial charge in [0.2, 0.25) is 0 Å². The number of ether oxygens (including phenoxy) is 1. The molecule has 3 rings (SSSR count). The molecule has 0 bridgehead atoms. The SMILES string of the molecule is C=C(C)C(=O)Oc1ccc(C)c(S(OS(=O)(=O)C(F)(F)F)(c2ccccc2)c2ccccc2)c1. The van der Waals surface area contributed by atoms with Gasteiger partial charge < -0.3 is 4.74 Å². The number of rotatable bonds is 7. The first-order valence-electron chi connectivity index (χ1n) is 9.83. The molecule has 0 aliphatic rings. The highest BCUT2D eigenvalue weighted by molar-refractivity contribution is 8.33. The van der Waals surface area contributed by atoms with Gasteiger partial charge in [-0.25, -0.2) is 4.79 Å². The number of carbonyl (C=O) groups excluding carboxylic acids is 1. The van der Waals surface area contributed by atoms with E-state index in [0.29, 0.717) is 5.56 Å². The van der Waals surface area contributed by atoms with E-state index in [1.54, 1.807) is 43.3 Å². The minimum Gasteiger partial charge on any atom is -0.423 e. The molecule has 0 amide bonds. The van der Waals surface area contributed by atoms with E-state index in [2.05, 4.69) is 6.58 Å². The van der Waals surface area contributed by atoms with Crippen molar-refractivity contribution < 1.29 is 34.7 Å². The second-order valence-corrected chi connectivity index (χ2v) is 11.7. The first-order chi connectivity index (χ1) is 15.9. The normalized spacial score (nSPS) is 12.7. The molecule has 3 aromatic carbocycles. The summed E-state index contributed by atoms with van der Waals surface area (Å²) < 4.78 is 76.1. The fraction of sp³-hybridized carbons (Fsp3) is 0.125. The molecule has 3 aromatic rings. The molecule has 0 N–H and O–H groups in total. The number of benzene rings is 3. The Morgan fingerprint density at radius 1 is 0.882 bits per heavy atom. The Morgan fingerprint density at radius 3 is 1.82 bits per heavy atom. The topological polar surface area (TPSA) is 69.7 Å². The Balaban J connectivity index is 2.40. The molecular weight excluding hydrogens is 489 g/mol. The van der Waals surface area contributed by atoms with Crippen molar-refractivity contribution in [1.82, 2.24) is 0 Å². The van der Waals surface area contributed by atoms with Crippen molar-refractivity contribution in [2.24, 2.45) is 0 Å². The summed E-state index contributed by atoms with van der Waals surface area (Å²) in [7, 11) is -9.56. The van der Waals surface area contributed by atoms with E-state index in [9.17, 15) is 26.4 Å². The van der Waals surface area contributed by atoms with Gasteiger partial charge in [0.15, 0.2) is 0 Å². The van der Waals surface area contributed by atoms with Crippen molar-refractivity contribution >= 4 is 26.4 Å². The molecule has 0 radical (unpaired) electrons. The number of esters is 1. The molecule has 0 aliphatic heterocycles. The number of halogens is 3. The van der Waals surface area contributed by atoms with Crippen molar-refractivity contribution in [1.29, 1.82) is 0 Å². The van der Waals surface area contributed by atoms with Crippen LogP contribution in [0.4, 0.5) is 13.2 Å². The molecule has 0 spiro atoms. The van der Waals surface area contributed by atoms with E-state index in [-0.39, 0.29) is 26.0 Å². The average molecular weight is 511 g/mol. The maximum atomic E-state index is 13.6. The fourth-order valence-corrected chi connectivity index (χ4v) is 8.02. The summed E-state index contributed by atoms with van der Waals surface area (Å²) in [6.07, 6.45) is 0. The van der Waals surface area contributed by atoms with Gasteiger partial charge in [0, 0.05) is 20.3 Å². The maximum Gasteiger partial charge on any atom is 0.524 e. The van der Waals surface area contributed by atoms with E-state index in [1.807, 2.05) is 0 Å². The highest BCUT2D eigenvalue weighted by atomic mass is 32.3. The van der Waals surface area contributed by atoms with Crippen LogP contribution in [0, 0.1) is 6.92 Å². The quantitative estimate of drug-likeness (QED) is 0.156. The third-order valence-electron chi connectivity index (χ3n) is 4.65. The summed E-state index contributed by atoms with van der Waals surface area (Å²) in [5.74, 6) is -0.732. The summed E-state index contributed by atoms with van der Waals surface area (Å²) in [4.78, 5) is 12.6. The first kappa shape index (κ1) is 25.5. The molecule has 10 heteroatoms. The number of hydrogen-bond acceptors (Lipinski definition) is 5. The average Bonchev–Trinajstić information content (AvgIpc) is 2.79. The molecule has 5 nitrogen and oxygen atoms in total. The predicted octanol–water partition coefficient (Wildman–Crippen LogP) is 6.54. The highest BCUT2D eigenvalue weighted by Crippen LogP contribution is 2.71. The largest absolute Gasteiger partial charge is 0.524 e. The van der Waals surface area contributed by atoms with Gasteiger partial charge in [-0.05, 0) is 66.1 Å². The first-order valence-corrected chi connectivity index (χ1v) is 12.8. The molecule has 0 saturated heterocycles. The van der Waals surface area contributed by atoms with Crippen LogP contribution in [0.2, 0.25) is 0 Å². The van der Waals surface area contributed by atoms with E-state index < -0.39 is 31.9 Å². The van der Waals surface area contributed by atoms with Gasteiger partial charge in [0.05, 0.1) is 0 Å². The lowest BCUT2D eigenvalue weighted by Crippen LogP contribution is -2.27. The van der Waals surface area contributed by atoms with Crippen LogP contribution >= 0.6 is 10.3 Å². The zero-order valence-electron chi connectivity index (χ0n) is 18.2. The smallest absolute Gasteiger partial charge is 0.423 e. The molecule has 180 valence electrons. The Hall–Kier alpha value is -3.08.